The minimum absolute atomic E-state index is 0.0464. The molecule has 0 radical (unpaired) electrons. The molecule has 2 aromatic rings. The number of rotatable bonds is 5. The van der Waals surface area contributed by atoms with Gasteiger partial charge in [0.15, 0.2) is 5.11 Å². The van der Waals surface area contributed by atoms with Crippen molar-refractivity contribution in [1.82, 2.24) is 15.3 Å². The lowest BCUT2D eigenvalue weighted by Gasteiger charge is -2.31. The Bertz CT molecular complexity index is 895. The van der Waals surface area contributed by atoms with Gasteiger partial charge in [-0.2, -0.15) is 4.98 Å². The van der Waals surface area contributed by atoms with Crippen LogP contribution in [0, 0.1) is 0 Å². The molecule has 2 fully saturated rings. The van der Waals surface area contributed by atoms with E-state index in [0.717, 1.165) is 43.3 Å². The van der Waals surface area contributed by atoms with E-state index in [2.05, 4.69) is 37.6 Å². The van der Waals surface area contributed by atoms with Crippen molar-refractivity contribution in [2.45, 2.75) is 50.4 Å². The van der Waals surface area contributed by atoms with Crippen LogP contribution in [0.1, 0.15) is 50.5 Å². The molecular weight excluding hydrogens is 437 g/mol. The molecule has 160 valence electrons. The predicted octanol–water partition coefficient (Wildman–Crippen LogP) is 5.57. The van der Waals surface area contributed by atoms with Crippen molar-refractivity contribution in [3.63, 3.8) is 0 Å². The molecule has 5 nitrogen and oxygen atoms in total. The van der Waals surface area contributed by atoms with Gasteiger partial charge >= 0.3 is 0 Å². The second kappa shape index (κ2) is 9.67. The number of benzene rings is 1. The van der Waals surface area contributed by atoms with E-state index in [0.29, 0.717) is 16.2 Å². The molecule has 0 atom stereocenters. The van der Waals surface area contributed by atoms with Crippen molar-refractivity contribution >= 4 is 52.3 Å². The van der Waals surface area contributed by atoms with Gasteiger partial charge in [0.25, 0.3) is 0 Å². The second-order valence-corrected chi connectivity index (χ2v) is 9.46. The van der Waals surface area contributed by atoms with E-state index < -0.39 is 0 Å². The summed E-state index contributed by atoms with van der Waals surface area (Å²) in [5, 5.41) is 8.22. The van der Waals surface area contributed by atoms with E-state index in [1.807, 2.05) is 18.2 Å². The number of aromatic nitrogens is 2. The van der Waals surface area contributed by atoms with E-state index >= 15 is 0 Å². The number of halogens is 2. The summed E-state index contributed by atoms with van der Waals surface area (Å²) in [5.41, 5.74) is 1.32. The molecule has 1 saturated heterocycles. The summed E-state index contributed by atoms with van der Waals surface area (Å²) in [7, 11) is 0. The van der Waals surface area contributed by atoms with Gasteiger partial charge in [-0.1, -0.05) is 48.2 Å². The highest BCUT2D eigenvalue weighted by Crippen LogP contribution is 2.41. The standard InChI is InChI=1S/C22H27Cl2N5S/c23-17-8-6-7-16(13-17)22(9-2-3-10-22)15-25-21(30)28-20-26-18(24)14-19(27-20)29-11-4-1-5-12-29/h6-8,13-14H,1-5,9-12,15H2,(H2,25,26,27,28,30). The van der Waals surface area contributed by atoms with Crippen LogP contribution >= 0.6 is 35.4 Å². The fraction of sp³-hybridized carbons (Fsp3) is 0.500. The van der Waals surface area contributed by atoms with Crippen LogP contribution in [-0.2, 0) is 5.41 Å². The summed E-state index contributed by atoms with van der Waals surface area (Å²) in [4.78, 5) is 11.2. The number of nitrogens with zero attached hydrogens (tertiary/aromatic N) is 3. The predicted molar refractivity (Wildman–Crippen MR) is 129 cm³/mol. The van der Waals surface area contributed by atoms with Crippen LogP contribution in [0.5, 0.6) is 0 Å². The fourth-order valence-corrected chi connectivity index (χ4v) is 5.11. The molecule has 1 aliphatic carbocycles. The van der Waals surface area contributed by atoms with Crippen LogP contribution in [0.3, 0.4) is 0 Å². The summed E-state index contributed by atoms with van der Waals surface area (Å²) in [6.45, 7) is 2.74. The quantitative estimate of drug-likeness (QED) is 0.446. The first-order chi connectivity index (χ1) is 14.5. The highest BCUT2D eigenvalue weighted by Gasteiger charge is 2.35. The van der Waals surface area contributed by atoms with E-state index in [-0.39, 0.29) is 5.41 Å². The van der Waals surface area contributed by atoms with Gasteiger partial charge < -0.3 is 15.5 Å². The molecule has 0 amide bonds. The Balaban J connectivity index is 1.42. The number of piperidine rings is 1. The molecule has 2 aliphatic rings. The Morgan fingerprint density at radius 2 is 1.80 bits per heavy atom. The summed E-state index contributed by atoms with van der Waals surface area (Å²) in [6, 6.07) is 10.0. The summed E-state index contributed by atoms with van der Waals surface area (Å²) in [5.74, 6) is 1.29. The fourth-order valence-electron chi connectivity index (χ4n) is 4.58. The van der Waals surface area contributed by atoms with Crippen molar-refractivity contribution < 1.29 is 0 Å². The Morgan fingerprint density at radius 1 is 1.03 bits per heavy atom. The third-order valence-electron chi connectivity index (χ3n) is 6.17. The van der Waals surface area contributed by atoms with Gasteiger partial charge in [0.05, 0.1) is 0 Å². The maximum atomic E-state index is 6.26. The Morgan fingerprint density at radius 3 is 2.53 bits per heavy atom. The first-order valence-electron chi connectivity index (χ1n) is 10.6. The summed E-state index contributed by atoms with van der Waals surface area (Å²) < 4.78 is 0. The first kappa shape index (κ1) is 21.6. The van der Waals surface area contributed by atoms with Crippen molar-refractivity contribution in [2.75, 3.05) is 29.9 Å². The van der Waals surface area contributed by atoms with E-state index in [9.17, 15) is 0 Å². The highest BCUT2D eigenvalue weighted by molar-refractivity contribution is 7.80. The minimum Gasteiger partial charge on any atom is -0.361 e. The molecule has 1 aliphatic heterocycles. The van der Waals surface area contributed by atoms with Gasteiger partial charge in [0, 0.05) is 36.1 Å². The van der Waals surface area contributed by atoms with Crippen LogP contribution < -0.4 is 15.5 Å². The van der Waals surface area contributed by atoms with Gasteiger partial charge in [-0.25, -0.2) is 4.98 Å². The monoisotopic (exact) mass is 463 g/mol. The Hall–Kier alpha value is -1.63. The zero-order valence-corrected chi connectivity index (χ0v) is 19.3. The Labute approximate surface area is 193 Å². The average molecular weight is 464 g/mol. The zero-order chi connectivity index (χ0) is 21.0. The molecule has 1 aromatic carbocycles. The van der Waals surface area contributed by atoms with Crippen molar-refractivity contribution in [1.29, 1.82) is 0 Å². The molecule has 8 heteroatoms. The smallest absolute Gasteiger partial charge is 0.232 e. The number of hydrogen-bond donors (Lipinski definition) is 2. The van der Waals surface area contributed by atoms with Gasteiger partial charge in [0.1, 0.15) is 11.0 Å². The SMILES string of the molecule is S=C(NCC1(c2cccc(Cl)c2)CCCC1)Nc1nc(Cl)cc(N2CCCCC2)n1. The molecule has 0 unspecified atom stereocenters. The maximum absolute atomic E-state index is 6.26. The molecule has 1 aromatic heterocycles. The van der Waals surface area contributed by atoms with E-state index in [4.69, 9.17) is 35.4 Å². The Kier molecular flexibility index (Phi) is 6.96. The maximum Gasteiger partial charge on any atom is 0.232 e. The van der Waals surface area contributed by atoms with Crippen LogP contribution in [0.25, 0.3) is 0 Å². The summed E-state index contributed by atoms with van der Waals surface area (Å²) >= 11 is 18.1. The number of hydrogen-bond acceptors (Lipinski definition) is 4. The zero-order valence-electron chi connectivity index (χ0n) is 17.0. The average Bonchev–Trinajstić information content (AvgIpc) is 3.23. The summed E-state index contributed by atoms with van der Waals surface area (Å²) in [6.07, 6.45) is 8.29. The normalized spacial score (nSPS) is 18.3. The van der Waals surface area contributed by atoms with Gasteiger partial charge in [-0.3, -0.25) is 0 Å². The van der Waals surface area contributed by atoms with Gasteiger partial charge in [0.2, 0.25) is 5.95 Å². The van der Waals surface area contributed by atoms with Crippen LogP contribution in [0.4, 0.5) is 11.8 Å². The van der Waals surface area contributed by atoms with E-state index in [1.54, 1.807) is 0 Å². The molecular formula is C22H27Cl2N5S. The minimum atomic E-state index is 0.0464. The third-order valence-corrected chi connectivity index (χ3v) is 6.85. The van der Waals surface area contributed by atoms with Crippen LogP contribution in [0.15, 0.2) is 30.3 Å². The molecule has 2 heterocycles. The van der Waals surface area contributed by atoms with Crippen LogP contribution in [-0.4, -0.2) is 34.7 Å². The molecule has 1 saturated carbocycles. The molecule has 0 spiro atoms. The largest absolute Gasteiger partial charge is 0.361 e. The van der Waals surface area contributed by atoms with Crippen LogP contribution in [0.2, 0.25) is 10.2 Å². The lowest BCUT2D eigenvalue weighted by molar-refractivity contribution is 0.435. The molecule has 4 rings (SSSR count). The number of thiocarbonyl (C=S) groups is 1. The lowest BCUT2D eigenvalue weighted by atomic mass is 9.79. The van der Waals surface area contributed by atoms with Crippen molar-refractivity contribution in [3.8, 4) is 0 Å². The highest BCUT2D eigenvalue weighted by atomic mass is 35.5. The second-order valence-electron chi connectivity index (χ2n) is 8.23. The van der Waals surface area contributed by atoms with Crippen molar-refractivity contribution in [3.05, 3.63) is 46.1 Å². The topological polar surface area (TPSA) is 53.1 Å². The lowest BCUT2D eigenvalue weighted by Crippen LogP contribution is -2.41. The third kappa shape index (κ3) is 5.16. The molecule has 2 N–H and O–H groups in total. The molecule has 0 bridgehead atoms. The number of nitrogens with one attached hydrogen (secondary N) is 2. The molecule has 30 heavy (non-hydrogen) atoms. The number of anilines is 2. The van der Waals surface area contributed by atoms with Crippen molar-refractivity contribution in [2.24, 2.45) is 0 Å². The first-order valence-corrected chi connectivity index (χ1v) is 11.8. The van der Waals surface area contributed by atoms with Gasteiger partial charge in [-0.05, 0) is 62.0 Å². The van der Waals surface area contributed by atoms with E-state index in [1.165, 1.54) is 37.7 Å². The van der Waals surface area contributed by atoms with Gasteiger partial charge in [-0.15, -0.1) is 0 Å².